The van der Waals surface area contributed by atoms with E-state index in [9.17, 15) is 0 Å². The molecule has 1 heteroatoms. The van der Waals surface area contributed by atoms with E-state index in [0.717, 1.165) is 5.76 Å². The van der Waals surface area contributed by atoms with Gasteiger partial charge in [-0.15, -0.1) is 0 Å². The number of hydrogen-bond donors (Lipinski definition) is 0. The zero-order valence-electron chi connectivity index (χ0n) is 8.19. The molecule has 0 atom stereocenters. The molecule has 0 amide bonds. The molecule has 0 aromatic heterocycles. The predicted octanol–water partition coefficient (Wildman–Crippen LogP) is 3.64. The van der Waals surface area contributed by atoms with Crippen molar-refractivity contribution in [2.75, 3.05) is 0 Å². The fraction of sp³-hybridized carbons (Fsp3) is 0.500. The third-order valence-corrected chi connectivity index (χ3v) is 0.675. The summed E-state index contributed by atoms with van der Waals surface area (Å²) in [5, 5.41) is 0. The van der Waals surface area contributed by atoms with E-state index in [-0.39, 0.29) is 0 Å². The van der Waals surface area contributed by atoms with Gasteiger partial charge in [0.25, 0.3) is 0 Å². The maximum absolute atomic E-state index is 5.07. The molecule has 0 unspecified atom stereocenters. The molecule has 0 heterocycles. The highest BCUT2D eigenvalue weighted by Crippen LogP contribution is 1.99. The quantitative estimate of drug-likeness (QED) is 0.436. The monoisotopic (exact) mass is 154 g/mol. The third kappa shape index (κ3) is 12.3. The van der Waals surface area contributed by atoms with Gasteiger partial charge >= 0.3 is 0 Å². The Balaban J connectivity index is 0. The Morgan fingerprint density at radius 3 is 2.09 bits per heavy atom. The van der Waals surface area contributed by atoms with Crippen LogP contribution in [0.1, 0.15) is 34.6 Å². The first kappa shape index (κ1) is 12.7. The molecule has 0 rings (SSSR count). The Labute approximate surface area is 70.1 Å². The fourth-order valence-electron chi connectivity index (χ4n) is 0.494. The Hall–Kier alpha value is -0.940. The molecule has 0 spiro atoms. The van der Waals surface area contributed by atoms with E-state index in [1.165, 1.54) is 0 Å². The van der Waals surface area contributed by atoms with Gasteiger partial charge in [-0.3, -0.25) is 0 Å². The minimum Gasteiger partial charge on any atom is -0.459 e. The van der Waals surface area contributed by atoms with Gasteiger partial charge in [-0.1, -0.05) is 26.2 Å². The number of ether oxygens (including phenoxy) is 1. The summed E-state index contributed by atoms with van der Waals surface area (Å²) in [6.07, 6.45) is 1.80. The zero-order valence-corrected chi connectivity index (χ0v) is 8.19. The van der Waals surface area contributed by atoms with Crippen LogP contribution in [0.25, 0.3) is 0 Å². The van der Waals surface area contributed by atoms with Crippen LogP contribution in [0.15, 0.2) is 29.9 Å². The van der Waals surface area contributed by atoms with Gasteiger partial charge in [-0.25, -0.2) is 0 Å². The number of hydrogen-bond acceptors (Lipinski definition) is 1. The van der Waals surface area contributed by atoms with Crippen LogP contribution >= 0.6 is 0 Å². The highest BCUT2D eigenvalue weighted by molar-refractivity contribution is 4.92. The molecule has 0 N–H and O–H groups in total. The fourth-order valence-corrected chi connectivity index (χ4v) is 0.494. The van der Waals surface area contributed by atoms with Crippen molar-refractivity contribution in [2.45, 2.75) is 34.6 Å². The Bertz CT molecular complexity index is 160. The Morgan fingerprint density at radius 2 is 1.82 bits per heavy atom. The third-order valence-electron chi connectivity index (χ3n) is 0.675. The summed E-state index contributed by atoms with van der Waals surface area (Å²) < 4.78 is 5.07. The van der Waals surface area contributed by atoms with Gasteiger partial charge in [0.1, 0.15) is 5.76 Å². The lowest BCUT2D eigenvalue weighted by molar-refractivity contribution is 0.312. The van der Waals surface area contributed by atoms with E-state index in [4.69, 9.17) is 4.74 Å². The summed E-state index contributed by atoms with van der Waals surface area (Å²) in [7, 11) is 0. The standard InChI is InChI=1S/C8H12O.C2H6/c1-5-6-8(4)9-7(2)3;1-2/h5H,2H2,1,3-4H3;1-2H3. The molecule has 0 saturated heterocycles. The summed E-state index contributed by atoms with van der Waals surface area (Å²) >= 11 is 0. The molecule has 11 heavy (non-hydrogen) atoms. The van der Waals surface area contributed by atoms with Gasteiger partial charge in [-0.05, 0) is 19.9 Å². The topological polar surface area (TPSA) is 9.23 Å². The lowest BCUT2D eigenvalue weighted by Gasteiger charge is -1.99. The maximum Gasteiger partial charge on any atom is 0.142 e. The van der Waals surface area contributed by atoms with Gasteiger partial charge in [-0.2, -0.15) is 0 Å². The van der Waals surface area contributed by atoms with E-state index in [1.54, 1.807) is 13.0 Å². The van der Waals surface area contributed by atoms with E-state index in [0.29, 0.717) is 5.76 Å². The zero-order chi connectivity index (χ0) is 9.28. The smallest absolute Gasteiger partial charge is 0.142 e. The van der Waals surface area contributed by atoms with Gasteiger partial charge in [0.15, 0.2) is 0 Å². The van der Waals surface area contributed by atoms with E-state index in [1.807, 2.05) is 27.7 Å². The molecule has 0 radical (unpaired) electrons. The van der Waals surface area contributed by atoms with Crippen molar-refractivity contribution in [1.29, 1.82) is 0 Å². The molecular weight excluding hydrogens is 136 g/mol. The van der Waals surface area contributed by atoms with Crippen LogP contribution in [0.5, 0.6) is 0 Å². The minimum absolute atomic E-state index is 0.696. The second kappa shape index (κ2) is 9.06. The van der Waals surface area contributed by atoms with E-state index < -0.39 is 0 Å². The van der Waals surface area contributed by atoms with Crippen molar-refractivity contribution >= 4 is 0 Å². The first-order chi connectivity index (χ1) is 5.16. The van der Waals surface area contributed by atoms with Crippen LogP contribution in [-0.2, 0) is 4.74 Å². The van der Waals surface area contributed by atoms with E-state index in [2.05, 4.69) is 12.3 Å². The molecule has 1 nitrogen and oxygen atoms in total. The van der Waals surface area contributed by atoms with Crippen LogP contribution in [-0.4, -0.2) is 0 Å². The summed E-state index contributed by atoms with van der Waals surface area (Å²) in [5.74, 6) is 1.45. The van der Waals surface area contributed by atoms with E-state index >= 15 is 0 Å². The molecule has 0 aromatic carbocycles. The second-order valence-corrected chi connectivity index (χ2v) is 1.79. The maximum atomic E-state index is 5.07. The average Bonchev–Trinajstić information content (AvgIpc) is 1.91. The lowest BCUT2D eigenvalue weighted by Crippen LogP contribution is -1.80. The molecule has 0 aliphatic heterocycles. The summed E-state index contributed by atoms with van der Waals surface area (Å²) in [6.45, 7) is 13.1. The average molecular weight is 154 g/mol. The SMILES string of the molecule is C=C(C)OC(C)=C=CC.CC. The lowest BCUT2D eigenvalue weighted by atomic mass is 10.5. The van der Waals surface area contributed by atoms with Crippen LogP contribution in [0.3, 0.4) is 0 Å². The van der Waals surface area contributed by atoms with Gasteiger partial charge in [0, 0.05) is 6.92 Å². The number of allylic oxidation sites excluding steroid dienone is 2. The largest absolute Gasteiger partial charge is 0.459 e. The van der Waals surface area contributed by atoms with Crippen molar-refractivity contribution in [3.63, 3.8) is 0 Å². The Morgan fingerprint density at radius 1 is 1.36 bits per heavy atom. The molecule has 0 saturated carbocycles. The van der Waals surface area contributed by atoms with Gasteiger partial charge in [0.05, 0.1) is 5.76 Å². The first-order valence-corrected chi connectivity index (χ1v) is 3.88. The molecular formula is C10H18O. The normalized spacial score (nSPS) is 6.64. The molecule has 0 aliphatic rings. The van der Waals surface area contributed by atoms with Gasteiger partial charge < -0.3 is 4.74 Å². The molecule has 0 bridgehead atoms. The van der Waals surface area contributed by atoms with Crippen LogP contribution in [0, 0.1) is 0 Å². The van der Waals surface area contributed by atoms with Crippen molar-refractivity contribution in [1.82, 2.24) is 0 Å². The Kier molecular flexibility index (Phi) is 10.5. The second-order valence-electron chi connectivity index (χ2n) is 1.79. The van der Waals surface area contributed by atoms with Crippen LogP contribution in [0.2, 0.25) is 0 Å². The van der Waals surface area contributed by atoms with Crippen molar-refractivity contribution < 1.29 is 4.74 Å². The van der Waals surface area contributed by atoms with Crippen molar-refractivity contribution in [3.05, 3.63) is 29.9 Å². The summed E-state index contributed by atoms with van der Waals surface area (Å²) in [5.41, 5.74) is 2.89. The summed E-state index contributed by atoms with van der Waals surface area (Å²) in [6, 6.07) is 0. The highest BCUT2D eigenvalue weighted by Gasteiger charge is 1.84. The highest BCUT2D eigenvalue weighted by atomic mass is 16.5. The van der Waals surface area contributed by atoms with Crippen LogP contribution in [0.4, 0.5) is 0 Å². The molecule has 0 aromatic rings. The summed E-state index contributed by atoms with van der Waals surface area (Å²) in [4.78, 5) is 0. The first-order valence-electron chi connectivity index (χ1n) is 3.88. The van der Waals surface area contributed by atoms with Crippen molar-refractivity contribution in [3.8, 4) is 0 Å². The molecule has 0 fully saturated rings. The van der Waals surface area contributed by atoms with Gasteiger partial charge in [0.2, 0.25) is 0 Å². The van der Waals surface area contributed by atoms with Crippen LogP contribution < -0.4 is 0 Å². The molecule has 0 aliphatic carbocycles. The minimum atomic E-state index is 0.696. The predicted molar refractivity (Wildman–Crippen MR) is 50.2 cm³/mol. The number of rotatable bonds is 2. The van der Waals surface area contributed by atoms with Crippen molar-refractivity contribution in [2.24, 2.45) is 0 Å². The molecule has 64 valence electrons.